The summed E-state index contributed by atoms with van der Waals surface area (Å²) in [5.74, 6) is -10.4. The monoisotopic (exact) mass is 653 g/mol. The van der Waals surface area contributed by atoms with Crippen LogP contribution in [0, 0.1) is 29.3 Å². The van der Waals surface area contributed by atoms with Gasteiger partial charge in [0.25, 0.3) is 0 Å². The number of methoxy groups -OCH3 is 1. The van der Waals surface area contributed by atoms with Gasteiger partial charge >= 0.3 is 11.9 Å². The number of carboxylic acid groups (broad SMARTS) is 2. The number of rotatable bonds is 14. The number of halogens is 3. The molecule has 0 saturated heterocycles. The van der Waals surface area contributed by atoms with E-state index in [1.807, 2.05) is 0 Å². The van der Waals surface area contributed by atoms with Crippen LogP contribution in [-0.2, 0) is 27.5 Å². The van der Waals surface area contributed by atoms with E-state index >= 15 is 8.78 Å². The molecule has 0 fully saturated rings. The van der Waals surface area contributed by atoms with E-state index in [1.165, 1.54) is 31.9 Å². The van der Waals surface area contributed by atoms with Gasteiger partial charge < -0.3 is 34.4 Å². The highest BCUT2D eigenvalue weighted by molar-refractivity contribution is 7.20. The molecule has 1 aliphatic heterocycles. The molecule has 0 spiro atoms. The summed E-state index contributed by atoms with van der Waals surface area (Å²) in [4.78, 5) is 48.4. The third-order valence-electron chi connectivity index (χ3n) is 7.32. The maximum absolute atomic E-state index is 15.2. The van der Waals surface area contributed by atoms with Crippen molar-refractivity contribution in [1.29, 1.82) is 0 Å². The summed E-state index contributed by atoms with van der Waals surface area (Å²) in [5, 5.41) is 28.0. The SMILES string of the molecule is COc1c(OCCCOc2c(O)c(F)c3sc(C(=O)CC(C)C(=O)O)cc3c2F)cc2c(c1F)CN(C(=O)CC(C)C(=O)O)C2. The fourth-order valence-corrected chi connectivity index (χ4v) is 5.75. The Labute approximate surface area is 258 Å². The molecule has 2 aromatic carbocycles. The molecule has 2 heterocycles. The van der Waals surface area contributed by atoms with Gasteiger partial charge in [-0.1, -0.05) is 13.8 Å². The molecule has 15 heteroatoms. The molecule has 2 unspecified atom stereocenters. The predicted molar refractivity (Wildman–Crippen MR) is 153 cm³/mol. The Morgan fingerprint density at radius 2 is 1.56 bits per heavy atom. The Morgan fingerprint density at radius 3 is 2.20 bits per heavy atom. The topological polar surface area (TPSA) is 160 Å². The normalized spacial score (nSPS) is 13.8. The van der Waals surface area contributed by atoms with E-state index < -0.39 is 64.4 Å². The molecule has 2 atom stereocenters. The van der Waals surface area contributed by atoms with Crippen molar-refractivity contribution >= 4 is 45.1 Å². The molecule has 1 amide bonds. The number of thiophene rings is 1. The zero-order chi connectivity index (χ0) is 33.2. The number of fused-ring (bicyclic) bond motifs is 2. The first-order chi connectivity index (χ1) is 21.2. The molecule has 45 heavy (non-hydrogen) atoms. The quantitative estimate of drug-likeness (QED) is 0.157. The number of aromatic hydroxyl groups is 1. The van der Waals surface area contributed by atoms with E-state index in [4.69, 9.17) is 24.4 Å². The van der Waals surface area contributed by atoms with Gasteiger partial charge in [-0.2, -0.15) is 0 Å². The first-order valence-corrected chi connectivity index (χ1v) is 14.6. The van der Waals surface area contributed by atoms with E-state index in [0.29, 0.717) is 16.9 Å². The Morgan fingerprint density at radius 1 is 0.911 bits per heavy atom. The Bertz CT molecular complexity index is 1670. The average Bonchev–Trinajstić information content (AvgIpc) is 3.63. The molecule has 1 aliphatic rings. The van der Waals surface area contributed by atoms with E-state index in [9.17, 15) is 28.7 Å². The number of ketones is 1. The summed E-state index contributed by atoms with van der Waals surface area (Å²) in [6, 6.07) is 2.59. The van der Waals surface area contributed by atoms with Gasteiger partial charge in [0.15, 0.2) is 40.5 Å². The number of hydrogen-bond acceptors (Lipinski definition) is 9. The van der Waals surface area contributed by atoms with E-state index in [2.05, 4.69) is 0 Å². The van der Waals surface area contributed by atoms with Gasteiger partial charge in [-0.3, -0.25) is 19.2 Å². The standard InChI is InChI=1S/C30H30F3NO10S/c1-13(29(38)39)7-18(35)20-10-16-22(31)27(25(37)24(33)28(16)45-20)44-6-4-5-43-19-9-15-11-34(21(36)8-14(2)30(40)41)12-17(15)23(32)26(19)42-3/h9-10,13-14,37H,4-8,11-12H2,1-3H3,(H,38,39)(H,40,41). The van der Waals surface area contributed by atoms with E-state index in [1.54, 1.807) is 0 Å². The number of amides is 1. The third kappa shape index (κ3) is 6.92. The molecular formula is C30H30F3NO10S. The van der Waals surface area contributed by atoms with Crippen LogP contribution in [0.1, 0.15) is 53.9 Å². The summed E-state index contributed by atoms with van der Waals surface area (Å²) in [5.41, 5.74) is 0.676. The summed E-state index contributed by atoms with van der Waals surface area (Å²) in [6.07, 6.45) is -0.545. The number of carbonyl (C=O) groups excluding carboxylic acids is 2. The number of aliphatic carboxylic acids is 2. The summed E-state index contributed by atoms with van der Waals surface area (Å²) >= 11 is 0.590. The molecule has 4 rings (SSSR count). The number of hydrogen-bond donors (Lipinski definition) is 3. The van der Waals surface area contributed by atoms with Gasteiger partial charge in [0.2, 0.25) is 11.7 Å². The highest BCUT2D eigenvalue weighted by Crippen LogP contribution is 2.43. The largest absolute Gasteiger partial charge is 0.502 e. The van der Waals surface area contributed by atoms with Crippen molar-refractivity contribution in [3.63, 3.8) is 0 Å². The van der Waals surface area contributed by atoms with E-state index in [-0.39, 0.29) is 77.6 Å². The average molecular weight is 654 g/mol. The number of carbonyl (C=O) groups is 4. The minimum atomic E-state index is -1.20. The van der Waals surface area contributed by atoms with Crippen molar-refractivity contribution in [2.75, 3.05) is 20.3 Å². The van der Waals surface area contributed by atoms with Crippen molar-refractivity contribution in [3.05, 3.63) is 45.6 Å². The minimum Gasteiger partial charge on any atom is -0.502 e. The van der Waals surface area contributed by atoms with Crippen molar-refractivity contribution in [3.8, 4) is 23.0 Å². The van der Waals surface area contributed by atoms with Crippen LogP contribution in [0.15, 0.2) is 12.1 Å². The lowest BCUT2D eigenvalue weighted by molar-refractivity contribution is -0.145. The third-order valence-corrected chi connectivity index (χ3v) is 8.49. The Balaban J connectivity index is 1.40. The molecule has 1 aromatic heterocycles. The zero-order valence-electron chi connectivity index (χ0n) is 24.4. The lowest BCUT2D eigenvalue weighted by Crippen LogP contribution is -2.28. The number of nitrogens with zero attached hydrogens (tertiary/aromatic N) is 1. The minimum absolute atomic E-state index is 0.0242. The maximum atomic E-state index is 15.2. The second-order valence-electron chi connectivity index (χ2n) is 10.6. The van der Waals surface area contributed by atoms with Gasteiger partial charge in [0, 0.05) is 43.3 Å². The van der Waals surface area contributed by atoms with Crippen LogP contribution in [0.2, 0.25) is 0 Å². The fourth-order valence-electron chi connectivity index (χ4n) is 4.71. The van der Waals surface area contributed by atoms with Gasteiger partial charge in [0.05, 0.1) is 41.7 Å². The number of phenolic OH excluding ortho intramolecular Hbond substituents is 1. The number of Topliss-reactive ketones (excluding diaryl/α,β-unsaturated/α-hetero) is 1. The van der Waals surface area contributed by atoms with Crippen LogP contribution in [0.5, 0.6) is 23.0 Å². The van der Waals surface area contributed by atoms with Crippen LogP contribution in [-0.4, -0.2) is 64.2 Å². The number of benzene rings is 2. The van der Waals surface area contributed by atoms with Crippen LogP contribution in [0.25, 0.3) is 10.1 Å². The highest BCUT2D eigenvalue weighted by Gasteiger charge is 2.31. The van der Waals surface area contributed by atoms with Crippen molar-refractivity contribution < 1.29 is 61.9 Å². The summed E-state index contributed by atoms with van der Waals surface area (Å²) in [6.45, 7) is 2.36. The summed E-state index contributed by atoms with van der Waals surface area (Å²) < 4.78 is 61.2. The van der Waals surface area contributed by atoms with Gasteiger partial charge in [0.1, 0.15) is 0 Å². The molecule has 3 aromatic rings. The number of carboxylic acids is 2. The lowest BCUT2D eigenvalue weighted by Gasteiger charge is -2.16. The molecule has 0 aliphatic carbocycles. The fraction of sp³-hybridized carbons (Fsp3) is 0.400. The first kappa shape index (κ1) is 33.4. The zero-order valence-corrected chi connectivity index (χ0v) is 25.3. The molecule has 0 radical (unpaired) electrons. The number of ether oxygens (including phenoxy) is 3. The van der Waals surface area contributed by atoms with Crippen molar-refractivity contribution in [1.82, 2.24) is 4.90 Å². The first-order valence-electron chi connectivity index (χ1n) is 13.8. The molecule has 11 nitrogen and oxygen atoms in total. The van der Waals surface area contributed by atoms with Gasteiger partial charge in [-0.25, -0.2) is 13.2 Å². The molecule has 3 N–H and O–H groups in total. The highest BCUT2D eigenvalue weighted by atomic mass is 32.1. The van der Waals surface area contributed by atoms with E-state index in [0.717, 1.165) is 6.07 Å². The van der Waals surface area contributed by atoms with Crippen molar-refractivity contribution in [2.24, 2.45) is 11.8 Å². The van der Waals surface area contributed by atoms with Gasteiger partial charge in [-0.15, -0.1) is 11.3 Å². The molecular weight excluding hydrogens is 623 g/mol. The van der Waals surface area contributed by atoms with Gasteiger partial charge in [-0.05, 0) is 17.7 Å². The maximum Gasteiger partial charge on any atom is 0.306 e. The molecule has 242 valence electrons. The Hall–Kier alpha value is -4.53. The van der Waals surface area contributed by atoms with Crippen LogP contribution >= 0.6 is 11.3 Å². The van der Waals surface area contributed by atoms with Crippen LogP contribution < -0.4 is 14.2 Å². The Kier molecular flexibility index (Phi) is 10.1. The van der Waals surface area contributed by atoms with Crippen LogP contribution in [0.3, 0.4) is 0 Å². The lowest BCUT2D eigenvalue weighted by atomic mass is 10.0. The molecule has 0 bridgehead atoms. The van der Waals surface area contributed by atoms with Crippen molar-refractivity contribution in [2.45, 2.75) is 46.2 Å². The second kappa shape index (κ2) is 13.6. The summed E-state index contributed by atoms with van der Waals surface area (Å²) in [7, 11) is 1.24. The molecule has 0 saturated carbocycles. The number of phenols is 1. The smallest absolute Gasteiger partial charge is 0.306 e. The second-order valence-corrected chi connectivity index (χ2v) is 11.7. The predicted octanol–water partition coefficient (Wildman–Crippen LogP) is 5.13. The van der Waals surface area contributed by atoms with Crippen LogP contribution in [0.4, 0.5) is 13.2 Å².